The summed E-state index contributed by atoms with van der Waals surface area (Å²) in [5.74, 6) is 7.15. The van der Waals surface area contributed by atoms with Crippen LogP contribution < -0.4 is 5.32 Å². The minimum Gasteiger partial charge on any atom is -0.308 e. The summed E-state index contributed by atoms with van der Waals surface area (Å²) in [6.45, 7) is 9.85. The molecule has 0 bridgehead atoms. The van der Waals surface area contributed by atoms with Crippen molar-refractivity contribution in [3.8, 4) is 11.8 Å². The standard InChI is InChI=1S/C14H24N2/c1-4-6-9-16-11-14(3,12-7-8-12)15-10-13(16)5-2/h12-13,15H,5,7-11H2,1-3H3. The van der Waals surface area contributed by atoms with Crippen LogP contribution in [0.4, 0.5) is 0 Å². The van der Waals surface area contributed by atoms with Crippen molar-refractivity contribution in [2.45, 2.75) is 51.6 Å². The summed E-state index contributed by atoms with van der Waals surface area (Å²) in [5.41, 5.74) is 0.348. The summed E-state index contributed by atoms with van der Waals surface area (Å²) in [6.07, 6.45) is 4.04. The average Bonchev–Trinajstić information content (AvgIpc) is 3.10. The minimum absolute atomic E-state index is 0.348. The Hall–Kier alpha value is -0.520. The van der Waals surface area contributed by atoms with Crippen molar-refractivity contribution >= 4 is 0 Å². The summed E-state index contributed by atoms with van der Waals surface area (Å²) in [7, 11) is 0. The lowest BCUT2D eigenvalue weighted by Gasteiger charge is -2.46. The largest absolute Gasteiger partial charge is 0.308 e. The molecular weight excluding hydrogens is 196 g/mol. The summed E-state index contributed by atoms with van der Waals surface area (Å²) >= 11 is 0. The van der Waals surface area contributed by atoms with E-state index in [2.05, 4.69) is 35.9 Å². The molecule has 2 atom stereocenters. The second-order valence-electron chi connectivity index (χ2n) is 5.47. The first-order chi connectivity index (χ1) is 7.69. The Morgan fingerprint density at radius 2 is 2.19 bits per heavy atom. The quantitative estimate of drug-likeness (QED) is 0.730. The maximum atomic E-state index is 3.77. The Labute approximate surface area is 99.8 Å². The third-order valence-electron chi connectivity index (χ3n) is 4.20. The van der Waals surface area contributed by atoms with Crippen molar-refractivity contribution in [2.75, 3.05) is 19.6 Å². The second-order valence-corrected chi connectivity index (χ2v) is 5.47. The molecule has 0 aromatic heterocycles. The third-order valence-corrected chi connectivity index (χ3v) is 4.20. The molecule has 1 saturated carbocycles. The first kappa shape index (κ1) is 12.0. The van der Waals surface area contributed by atoms with Gasteiger partial charge >= 0.3 is 0 Å². The van der Waals surface area contributed by atoms with Crippen molar-refractivity contribution in [3.05, 3.63) is 0 Å². The average molecular weight is 220 g/mol. The molecule has 1 aliphatic heterocycles. The van der Waals surface area contributed by atoms with Gasteiger partial charge in [-0.25, -0.2) is 0 Å². The molecular formula is C14H24N2. The molecule has 1 N–H and O–H groups in total. The van der Waals surface area contributed by atoms with Gasteiger partial charge in [-0.15, -0.1) is 5.92 Å². The van der Waals surface area contributed by atoms with E-state index in [0.29, 0.717) is 11.6 Å². The molecule has 2 rings (SSSR count). The van der Waals surface area contributed by atoms with Crippen LogP contribution in [0.15, 0.2) is 0 Å². The number of nitrogens with one attached hydrogen (secondary N) is 1. The van der Waals surface area contributed by atoms with E-state index < -0.39 is 0 Å². The van der Waals surface area contributed by atoms with E-state index in [1.54, 1.807) is 0 Å². The Bertz CT molecular complexity index is 298. The molecule has 2 fully saturated rings. The van der Waals surface area contributed by atoms with Crippen molar-refractivity contribution in [3.63, 3.8) is 0 Å². The highest BCUT2D eigenvalue weighted by Crippen LogP contribution is 2.41. The Balaban J connectivity index is 2.01. The summed E-state index contributed by atoms with van der Waals surface area (Å²) in [5, 5.41) is 3.77. The maximum Gasteiger partial charge on any atom is 0.0604 e. The van der Waals surface area contributed by atoms with Crippen LogP contribution in [0.5, 0.6) is 0 Å². The fraction of sp³-hybridized carbons (Fsp3) is 0.857. The third kappa shape index (κ3) is 2.42. The molecule has 2 nitrogen and oxygen atoms in total. The normalized spacial score (nSPS) is 35.6. The number of nitrogens with zero attached hydrogens (tertiary/aromatic N) is 1. The Morgan fingerprint density at radius 1 is 1.44 bits per heavy atom. The molecule has 2 aliphatic rings. The zero-order valence-electron chi connectivity index (χ0n) is 10.8. The molecule has 1 heterocycles. The van der Waals surface area contributed by atoms with Crippen LogP contribution in [0.25, 0.3) is 0 Å². The van der Waals surface area contributed by atoms with Crippen LogP contribution >= 0.6 is 0 Å². The molecule has 90 valence electrons. The van der Waals surface area contributed by atoms with Crippen LogP contribution in [-0.2, 0) is 0 Å². The fourth-order valence-corrected chi connectivity index (χ4v) is 2.85. The Kier molecular flexibility index (Phi) is 3.56. The van der Waals surface area contributed by atoms with Crippen LogP contribution in [0.1, 0.15) is 40.0 Å². The second kappa shape index (κ2) is 4.77. The molecule has 2 unspecified atom stereocenters. The molecule has 0 aromatic carbocycles. The van der Waals surface area contributed by atoms with Gasteiger partial charge in [0.05, 0.1) is 6.54 Å². The Morgan fingerprint density at radius 3 is 2.75 bits per heavy atom. The molecule has 16 heavy (non-hydrogen) atoms. The highest BCUT2D eigenvalue weighted by atomic mass is 15.3. The van der Waals surface area contributed by atoms with Gasteiger partial charge in [0.1, 0.15) is 0 Å². The summed E-state index contributed by atoms with van der Waals surface area (Å²) in [4.78, 5) is 2.57. The van der Waals surface area contributed by atoms with Crippen molar-refractivity contribution < 1.29 is 0 Å². The monoisotopic (exact) mass is 220 g/mol. The first-order valence-electron chi connectivity index (χ1n) is 6.58. The van der Waals surface area contributed by atoms with Crippen molar-refractivity contribution in [2.24, 2.45) is 5.92 Å². The number of rotatable bonds is 3. The fourth-order valence-electron chi connectivity index (χ4n) is 2.85. The summed E-state index contributed by atoms with van der Waals surface area (Å²) < 4.78 is 0. The molecule has 2 heteroatoms. The number of piperazine rings is 1. The van der Waals surface area contributed by atoms with Gasteiger partial charge in [0.25, 0.3) is 0 Å². The van der Waals surface area contributed by atoms with E-state index >= 15 is 0 Å². The minimum atomic E-state index is 0.348. The predicted molar refractivity (Wildman–Crippen MR) is 68.2 cm³/mol. The smallest absolute Gasteiger partial charge is 0.0604 e. The predicted octanol–water partition coefficient (Wildman–Crippen LogP) is 1.86. The van der Waals surface area contributed by atoms with E-state index in [1.807, 2.05) is 6.92 Å². The highest BCUT2D eigenvalue weighted by Gasteiger charge is 2.45. The lowest BCUT2D eigenvalue weighted by atomic mass is 9.90. The van der Waals surface area contributed by atoms with Crippen LogP contribution in [0.3, 0.4) is 0 Å². The topological polar surface area (TPSA) is 15.3 Å². The van der Waals surface area contributed by atoms with E-state index in [0.717, 1.165) is 19.0 Å². The van der Waals surface area contributed by atoms with Gasteiger partial charge in [-0.2, -0.15) is 0 Å². The SMILES string of the molecule is CC#CCN1CC(C)(C2CC2)NCC1CC. The van der Waals surface area contributed by atoms with E-state index in [1.165, 1.54) is 25.8 Å². The molecule has 1 aliphatic carbocycles. The van der Waals surface area contributed by atoms with Crippen LogP contribution in [0, 0.1) is 17.8 Å². The number of hydrogen-bond acceptors (Lipinski definition) is 2. The van der Waals surface area contributed by atoms with Gasteiger partial charge in [-0.3, -0.25) is 4.90 Å². The van der Waals surface area contributed by atoms with E-state index in [9.17, 15) is 0 Å². The molecule has 0 radical (unpaired) electrons. The highest BCUT2D eigenvalue weighted by molar-refractivity contribution is 5.07. The molecule has 0 spiro atoms. The van der Waals surface area contributed by atoms with Gasteiger partial charge < -0.3 is 5.32 Å². The van der Waals surface area contributed by atoms with Gasteiger partial charge in [-0.05, 0) is 39.0 Å². The van der Waals surface area contributed by atoms with Crippen molar-refractivity contribution in [1.82, 2.24) is 10.2 Å². The van der Waals surface area contributed by atoms with Crippen molar-refractivity contribution in [1.29, 1.82) is 0 Å². The van der Waals surface area contributed by atoms with Gasteiger partial charge in [0, 0.05) is 24.7 Å². The van der Waals surface area contributed by atoms with E-state index in [-0.39, 0.29) is 0 Å². The zero-order valence-corrected chi connectivity index (χ0v) is 10.8. The molecule has 0 aromatic rings. The van der Waals surface area contributed by atoms with Crippen LogP contribution in [-0.4, -0.2) is 36.1 Å². The zero-order chi connectivity index (χ0) is 11.6. The lowest BCUT2D eigenvalue weighted by Crippen LogP contribution is -2.63. The van der Waals surface area contributed by atoms with Crippen LogP contribution in [0.2, 0.25) is 0 Å². The molecule has 1 saturated heterocycles. The summed E-state index contributed by atoms with van der Waals surface area (Å²) in [6, 6.07) is 0.674. The maximum absolute atomic E-state index is 3.77. The number of hydrogen-bond donors (Lipinski definition) is 1. The van der Waals surface area contributed by atoms with Gasteiger partial charge in [0.2, 0.25) is 0 Å². The van der Waals surface area contributed by atoms with E-state index in [4.69, 9.17) is 0 Å². The molecule has 0 amide bonds. The van der Waals surface area contributed by atoms with Gasteiger partial charge in [-0.1, -0.05) is 12.8 Å². The van der Waals surface area contributed by atoms with Gasteiger partial charge in [0.15, 0.2) is 0 Å². The lowest BCUT2D eigenvalue weighted by molar-refractivity contribution is 0.0852. The first-order valence-corrected chi connectivity index (χ1v) is 6.58.